The summed E-state index contributed by atoms with van der Waals surface area (Å²) in [6.45, 7) is 4.20. The van der Waals surface area contributed by atoms with Crippen LogP contribution >= 0.6 is 0 Å². The Morgan fingerprint density at radius 1 is 1.39 bits per heavy atom. The summed E-state index contributed by atoms with van der Waals surface area (Å²) in [7, 11) is 0. The molecule has 3 unspecified atom stereocenters. The molecule has 4 heteroatoms. The minimum absolute atomic E-state index is 0.0503. The van der Waals surface area contributed by atoms with Crippen LogP contribution in [0.25, 0.3) is 0 Å². The van der Waals surface area contributed by atoms with Crippen LogP contribution in [0.4, 0.5) is 6.01 Å². The van der Waals surface area contributed by atoms with Crippen LogP contribution in [-0.2, 0) is 6.42 Å². The zero-order valence-electron chi connectivity index (χ0n) is 11.1. The molecule has 2 aliphatic carbocycles. The molecule has 0 radical (unpaired) electrons. The molecule has 100 valence electrons. The molecule has 2 saturated carbocycles. The Balaban J connectivity index is 1.66. The van der Waals surface area contributed by atoms with E-state index in [1.807, 2.05) is 0 Å². The maximum atomic E-state index is 9.74. The molecule has 3 rings (SSSR count). The molecule has 4 nitrogen and oxygen atoms in total. The lowest BCUT2D eigenvalue weighted by Gasteiger charge is -2.21. The molecule has 0 spiro atoms. The minimum atomic E-state index is 0.0503. The van der Waals surface area contributed by atoms with Crippen molar-refractivity contribution in [3.63, 3.8) is 0 Å². The number of fused-ring (bicyclic) bond motifs is 2. The number of nitrogens with zero attached hydrogens (tertiary/aromatic N) is 1. The van der Waals surface area contributed by atoms with Crippen molar-refractivity contribution in [3.05, 3.63) is 5.76 Å². The first-order chi connectivity index (χ1) is 8.61. The second kappa shape index (κ2) is 4.48. The number of hydrogen-bond acceptors (Lipinski definition) is 4. The van der Waals surface area contributed by atoms with E-state index in [9.17, 15) is 5.11 Å². The maximum absolute atomic E-state index is 9.74. The lowest BCUT2D eigenvalue weighted by molar-refractivity contribution is 0.404. The van der Waals surface area contributed by atoms with Gasteiger partial charge in [-0.05, 0) is 37.0 Å². The molecule has 0 amide bonds. The Morgan fingerprint density at radius 3 is 2.83 bits per heavy atom. The van der Waals surface area contributed by atoms with Gasteiger partial charge in [-0.1, -0.05) is 20.3 Å². The summed E-state index contributed by atoms with van der Waals surface area (Å²) in [4.78, 5) is 4.09. The highest BCUT2D eigenvalue weighted by Gasteiger charge is 2.40. The number of oxazole rings is 1. The fraction of sp³-hybridized carbons (Fsp3) is 0.786. The lowest BCUT2D eigenvalue weighted by atomic mass is 9.96. The molecule has 0 aliphatic heterocycles. The maximum Gasteiger partial charge on any atom is 0.298 e. The van der Waals surface area contributed by atoms with Gasteiger partial charge in [0.2, 0.25) is 0 Å². The number of anilines is 1. The number of hydrogen-bond donors (Lipinski definition) is 2. The lowest BCUT2D eigenvalue weighted by Crippen LogP contribution is -2.25. The third-order valence-corrected chi connectivity index (χ3v) is 4.32. The molecule has 1 heterocycles. The van der Waals surface area contributed by atoms with Gasteiger partial charge in [0.25, 0.3) is 11.9 Å². The van der Waals surface area contributed by atoms with Gasteiger partial charge >= 0.3 is 0 Å². The standard InChI is InChI=1S/C14H22N2O2/c1-8(2)5-12-13(17)16-14(18-12)15-11-7-9-3-4-10(11)6-9/h8-11,17H,3-7H2,1-2H3,(H,15,16). The predicted octanol–water partition coefficient (Wildman–Crippen LogP) is 3.18. The van der Waals surface area contributed by atoms with Gasteiger partial charge in [0.1, 0.15) is 0 Å². The molecule has 0 saturated heterocycles. The van der Waals surface area contributed by atoms with Gasteiger partial charge in [-0.2, -0.15) is 4.98 Å². The third kappa shape index (κ3) is 2.20. The van der Waals surface area contributed by atoms with E-state index in [1.54, 1.807) is 0 Å². The van der Waals surface area contributed by atoms with Crippen LogP contribution in [0.1, 0.15) is 45.3 Å². The van der Waals surface area contributed by atoms with E-state index >= 15 is 0 Å². The highest BCUT2D eigenvalue weighted by molar-refractivity contribution is 5.31. The number of rotatable bonds is 4. The Morgan fingerprint density at radius 2 is 2.22 bits per heavy atom. The number of nitrogens with one attached hydrogen (secondary N) is 1. The summed E-state index contributed by atoms with van der Waals surface area (Å²) in [6, 6.07) is 0.995. The van der Waals surface area contributed by atoms with Crippen molar-refractivity contribution in [1.82, 2.24) is 4.98 Å². The molecule has 18 heavy (non-hydrogen) atoms. The minimum Gasteiger partial charge on any atom is -0.491 e. The summed E-state index contributed by atoms with van der Waals surface area (Å²) < 4.78 is 5.62. The normalized spacial score (nSPS) is 30.3. The monoisotopic (exact) mass is 250 g/mol. The molecular weight excluding hydrogens is 228 g/mol. The van der Waals surface area contributed by atoms with Gasteiger partial charge in [0, 0.05) is 12.5 Å². The fourth-order valence-electron chi connectivity index (χ4n) is 3.49. The van der Waals surface area contributed by atoms with Gasteiger partial charge in [0.05, 0.1) is 0 Å². The van der Waals surface area contributed by atoms with Crippen LogP contribution in [0.15, 0.2) is 4.42 Å². The molecule has 1 aromatic rings. The zero-order valence-corrected chi connectivity index (χ0v) is 11.1. The molecule has 2 aliphatic rings. The molecule has 2 N–H and O–H groups in total. The summed E-state index contributed by atoms with van der Waals surface area (Å²) in [5, 5.41) is 13.1. The van der Waals surface area contributed by atoms with Crippen molar-refractivity contribution in [2.45, 2.75) is 52.0 Å². The second-order valence-electron chi connectivity index (χ2n) is 6.29. The van der Waals surface area contributed by atoms with E-state index in [-0.39, 0.29) is 5.88 Å². The first-order valence-electron chi connectivity index (χ1n) is 7.07. The van der Waals surface area contributed by atoms with Crippen molar-refractivity contribution >= 4 is 6.01 Å². The van der Waals surface area contributed by atoms with Gasteiger partial charge in [-0.3, -0.25) is 0 Å². The number of aromatic nitrogens is 1. The van der Waals surface area contributed by atoms with Crippen LogP contribution < -0.4 is 5.32 Å². The summed E-state index contributed by atoms with van der Waals surface area (Å²) in [5.74, 6) is 2.79. The van der Waals surface area contributed by atoms with Crippen molar-refractivity contribution in [1.29, 1.82) is 0 Å². The fourth-order valence-corrected chi connectivity index (χ4v) is 3.49. The average molecular weight is 250 g/mol. The van der Waals surface area contributed by atoms with Crippen LogP contribution in [0.5, 0.6) is 5.88 Å². The van der Waals surface area contributed by atoms with E-state index in [1.165, 1.54) is 25.7 Å². The van der Waals surface area contributed by atoms with Gasteiger partial charge in [-0.25, -0.2) is 0 Å². The molecule has 0 aromatic carbocycles. The molecule has 1 aromatic heterocycles. The summed E-state index contributed by atoms with van der Waals surface area (Å²) >= 11 is 0. The third-order valence-electron chi connectivity index (χ3n) is 4.32. The Kier molecular flexibility index (Phi) is 2.96. The largest absolute Gasteiger partial charge is 0.491 e. The summed E-state index contributed by atoms with van der Waals surface area (Å²) in [6.07, 6.45) is 6.03. The van der Waals surface area contributed by atoms with Gasteiger partial charge in [0.15, 0.2) is 5.76 Å². The van der Waals surface area contributed by atoms with E-state index < -0.39 is 0 Å². The highest BCUT2D eigenvalue weighted by Crippen LogP contribution is 2.45. The van der Waals surface area contributed by atoms with E-state index in [4.69, 9.17) is 4.42 Å². The molecule has 2 bridgehead atoms. The SMILES string of the molecule is CC(C)Cc1oc(NC2CC3CCC2C3)nc1O. The Hall–Kier alpha value is -1.19. The first-order valence-corrected chi connectivity index (χ1v) is 7.07. The summed E-state index contributed by atoms with van der Waals surface area (Å²) in [5.41, 5.74) is 0. The average Bonchev–Trinajstić information content (AvgIpc) is 2.95. The second-order valence-corrected chi connectivity index (χ2v) is 6.29. The Labute approximate surface area is 108 Å². The van der Waals surface area contributed by atoms with Crippen molar-refractivity contribution < 1.29 is 9.52 Å². The first kappa shape index (κ1) is 11.9. The molecular formula is C14H22N2O2. The zero-order chi connectivity index (χ0) is 12.7. The van der Waals surface area contributed by atoms with E-state index in [0.717, 1.165) is 18.3 Å². The molecule has 2 fully saturated rings. The van der Waals surface area contributed by atoms with Crippen LogP contribution in [0, 0.1) is 17.8 Å². The van der Waals surface area contributed by atoms with Gasteiger partial charge < -0.3 is 14.8 Å². The van der Waals surface area contributed by atoms with E-state index in [0.29, 0.717) is 23.7 Å². The smallest absolute Gasteiger partial charge is 0.298 e. The van der Waals surface area contributed by atoms with Crippen molar-refractivity contribution in [3.8, 4) is 5.88 Å². The quantitative estimate of drug-likeness (QED) is 0.861. The highest BCUT2D eigenvalue weighted by atomic mass is 16.4. The van der Waals surface area contributed by atoms with Crippen LogP contribution in [0.3, 0.4) is 0 Å². The van der Waals surface area contributed by atoms with Crippen molar-refractivity contribution in [2.75, 3.05) is 5.32 Å². The van der Waals surface area contributed by atoms with Gasteiger partial charge in [-0.15, -0.1) is 0 Å². The van der Waals surface area contributed by atoms with Crippen molar-refractivity contribution in [2.24, 2.45) is 17.8 Å². The Bertz CT molecular complexity index is 427. The molecule has 3 atom stereocenters. The number of aromatic hydroxyl groups is 1. The predicted molar refractivity (Wildman–Crippen MR) is 69.6 cm³/mol. The van der Waals surface area contributed by atoms with E-state index in [2.05, 4.69) is 24.1 Å². The van der Waals surface area contributed by atoms with Crippen LogP contribution in [-0.4, -0.2) is 16.1 Å². The van der Waals surface area contributed by atoms with Crippen LogP contribution in [0.2, 0.25) is 0 Å². The topological polar surface area (TPSA) is 58.3 Å².